The van der Waals surface area contributed by atoms with Crippen LogP contribution in [0.2, 0.25) is 5.15 Å². The SMILES string of the molecule is CCCc1nc(Cl)c(C)c(NCc2scnc2C)n1. The summed E-state index contributed by atoms with van der Waals surface area (Å²) in [5.74, 6) is 1.61. The average Bonchev–Trinajstić information content (AvgIpc) is 2.78. The zero-order valence-corrected chi connectivity index (χ0v) is 12.9. The highest BCUT2D eigenvalue weighted by atomic mass is 35.5. The highest BCUT2D eigenvalue weighted by molar-refractivity contribution is 7.09. The topological polar surface area (TPSA) is 50.7 Å². The third-order valence-corrected chi connectivity index (χ3v) is 4.17. The van der Waals surface area contributed by atoms with Crippen molar-refractivity contribution >= 4 is 28.8 Å². The van der Waals surface area contributed by atoms with Crippen molar-refractivity contribution in [1.29, 1.82) is 0 Å². The van der Waals surface area contributed by atoms with Gasteiger partial charge in [-0.25, -0.2) is 15.0 Å². The van der Waals surface area contributed by atoms with Gasteiger partial charge >= 0.3 is 0 Å². The summed E-state index contributed by atoms with van der Waals surface area (Å²) in [6.45, 7) is 6.76. The maximum atomic E-state index is 6.15. The smallest absolute Gasteiger partial charge is 0.137 e. The molecule has 6 heteroatoms. The monoisotopic (exact) mass is 296 g/mol. The van der Waals surface area contributed by atoms with Crippen molar-refractivity contribution in [1.82, 2.24) is 15.0 Å². The molecule has 0 aliphatic carbocycles. The summed E-state index contributed by atoms with van der Waals surface area (Å²) in [4.78, 5) is 14.3. The lowest BCUT2D eigenvalue weighted by Gasteiger charge is -2.10. The molecule has 4 nitrogen and oxygen atoms in total. The van der Waals surface area contributed by atoms with Crippen molar-refractivity contribution < 1.29 is 0 Å². The van der Waals surface area contributed by atoms with Crippen LogP contribution in [0, 0.1) is 13.8 Å². The third kappa shape index (κ3) is 3.42. The molecule has 2 aromatic heterocycles. The first-order valence-electron chi connectivity index (χ1n) is 6.27. The van der Waals surface area contributed by atoms with E-state index in [0.29, 0.717) is 5.15 Å². The van der Waals surface area contributed by atoms with Crippen molar-refractivity contribution in [3.05, 3.63) is 32.6 Å². The Morgan fingerprint density at radius 3 is 2.74 bits per heavy atom. The molecule has 0 aromatic carbocycles. The third-order valence-electron chi connectivity index (χ3n) is 2.87. The number of hydrogen-bond acceptors (Lipinski definition) is 5. The second kappa shape index (κ2) is 6.30. The van der Waals surface area contributed by atoms with Gasteiger partial charge in [0.2, 0.25) is 0 Å². The number of hydrogen-bond donors (Lipinski definition) is 1. The van der Waals surface area contributed by atoms with Gasteiger partial charge in [0.15, 0.2) is 0 Å². The maximum absolute atomic E-state index is 6.15. The van der Waals surface area contributed by atoms with Crippen LogP contribution in [-0.4, -0.2) is 15.0 Å². The summed E-state index contributed by atoms with van der Waals surface area (Å²) in [7, 11) is 0. The second-order valence-electron chi connectivity index (χ2n) is 4.37. The zero-order chi connectivity index (χ0) is 13.8. The number of thiazole rings is 1. The van der Waals surface area contributed by atoms with E-state index in [9.17, 15) is 0 Å². The Hall–Kier alpha value is -1.20. The fourth-order valence-electron chi connectivity index (χ4n) is 1.70. The quantitative estimate of drug-likeness (QED) is 0.853. The molecule has 2 aromatic rings. The van der Waals surface area contributed by atoms with Gasteiger partial charge in [-0.1, -0.05) is 18.5 Å². The van der Waals surface area contributed by atoms with Gasteiger partial charge in [0.25, 0.3) is 0 Å². The number of aryl methyl sites for hydroxylation is 2. The van der Waals surface area contributed by atoms with Crippen molar-refractivity contribution in [2.75, 3.05) is 5.32 Å². The number of halogens is 1. The van der Waals surface area contributed by atoms with Gasteiger partial charge in [-0.15, -0.1) is 11.3 Å². The van der Waals surface area contributed by atoms with Crippen LogP contribution >= 0.6 is 22.9 Å². The number of nitrogens with zero attached hydrogens (tertiary/aromatic N) is 3. The molecule has 0 saturated carbocycles. The van der Waals surface area contributed by atoms with Crippen LogP contribution in [0.5, 0.6) is 0 Å². The first-order chi connectivity index (χ1) is 9.11. The van der Waals surface area contributed by atoms with E-state index < -0.39 is 0 Å². The number of nitrogens with one attached hydrogen (secondary N) is 1. The molecule has 2 heterocycles. The van der Waals surface area contributed by atoms with Gasteiger partial charge < -0.3 is 5.32 Å². The van der Waals surface area contributed by atoms with Crippen LogP contribution in [0.4, 0.5) is 5.82 Å². The minimum atomic E-state index is 0.530. The molecule has 0 saturated heterocycles. The van der Waals surface area contributed by atoms with Crippen molar-refractivity contribution in [3.63, 3.8) is 0 Å². The molecule has 0 bridgehead atoms. The predicted octanol–water partition coefficient (Wildman–Crippen LogP) is 3.77. The second-order valence-corrected chi connectivity index (χ2v) is 5.67. The van der Waals surface area contributed by atoms with Crippen molar-refractivity contribution in [2.45, 2.75) is 40.2 Å². The zero-order valence-electron chi connectivity index (χ0n) is 11.3. The number of rotatable bonds is 5. The Kier molecular flexibility index (Phi) is 4.71. The molecule has 0 spiro atoms. The van der Waals surface area contributed by atoms with Crippen LogP contribution in [0.1, 0.15) is 35.3 Å². The normalized spacial score (nSPS) is 10.7. The molecule has 0 atom stereocenters. The van der Waals surface area contributed by atoms with Crippen molar-refractivity contribution in [3.8, 4) is 0 Å². The van der Waals surface area contributed by atoms with E-state index in [2.05, 4.69) is 27.2 Å². The molecule has 0 fully saturated rings. The molecular weight excluding hydrogens is 280 g/mol. The van der Waals surface area contributed by atoms with Crippen LogP contribution in [0.3, 0.4) is 0 Å². The lowest BCUT2D eigenvalue weighted by atomic mass is 10.3. The van der Waals surface area contributed by atoms with Gasteiger partial charge in [0.05, 0.1) is 17.7 Å². The Bertz CT molecular complexity index is 568. The Morgan fingerprint density at radius 1 is 1.32 bits per heavy atom. The van der Waals surface area contributed by atoms with E-state index in [1.165, 1.54) is 4.88 Å². The minimum absolute atomic E-state index is 0.530. The first kappa shape index (κ1) is 14.2. The molecule has 2 rings (SSSR count). The largest absolute Gasteiger partial charge is 0.365 e. The van der Waals surface area contributed by atoms with Gasteiger partial charge in [-0.05, 0) is 20.3 Å². The van der Waals surface area contributed by atoms with Crippen LogP contribution in [0.25, 0.3) is 0 Å². The lowest BCUT2D eigenvalue weighted by Crippen LogP contribution is -2.07. The summed E-state index contributed by atoms with van der Waals surface area (Å²) in [5, 5.41) is 3.86. The molecule has 1 N–H and O–H groups in total. The summed E-state index contributed by atoms with van der Waals surface area (Å²) in [6.07, 6.45) is 1.85. The fraction of sp³-hybridized carbons (Fsp3) is 0.462. The van der Waals surface area contributed by atoms with E-state index in [4.69, 9.17) is 11.6 Å². The molecule has 0 radical (unpaired) electrons. The summed E-state index contributed by atoms with van der Waals surface area (Å²) in [6, 6.07) is 0. The fourth-order valence-corrected chi connectivity index (χ4v) is 2.60. The summed E-state index contributed by atoms with van der Waals surface area (Å²) < 4.78 is 0. The average molecular weight is 297 g/mol. The molecule has 0 unspecified atom stereocenters. The standard InChI is InChI=1S/C13H17ClN4S/c1-4-5-11-17-12(14)8(2)13(18-11)15-6-10-9(3)16-7-19-10/h7H,4-6H2,1-3H3,(H,15,17,18). The Labute approximate surface area is 122 Å². The van der Waals surface area contributed by atoms with Crippen LogP contribution in [-0.2, 0) is 13.0 Å². The first-order valence-corrected chi connectivity index (χ1v) is 7.53. The lowest BCUT2D eigenvalue weighted by molar-refractivity contribution is 0.830. The maximum Gasteiger partial charge on any atom is 0.137 e. The van der Waals surface area contributed by atoms with Gasteiger partial charge in [0, 0.05) is 16.9 Å². The molecular formula is C13H17ClN4S. The Morgan fingerprint density at radius 2 is 2.11 bits per heavy atom. The molecule has 0 aliphatic heterocycles. The predicted molar refractivity (Wildman–Crippen MR) is 80.0 cm³/mol. The van der Waals surface area contributed by atoms with Gasteiger partial charge in [0.1, 0.15) is 16.8 Å². The highest BCUT2D eigenvalue weighted by Gasteiger charge is 2.10. The van der Waals surface area contributed by atoms with E-state index in [1.54, 1.807) is 11.3 Å². The Balaban J connectivity index is 2.17. The molecule has 0 amide bonds. The van der Waals surface area contributed by atoms with E-state index in [-0.39, 0.29) is 0 Å². The van der Waals surface area contributed by atoms with Gasteiger partial charge in [-0.2, -0.15) is 0 Å². The van der Waals surface area contributed by atoms with Crippen LogP contribution in [0.15, 0.2) is 5.51 Å². The number of aromatic nitrogens is 3. The molecule has 0 aliphatic rings. The summed E-state index contributed by atoms with van der Waals surface area (Å²) in [5.41, 5.74) is 3.81. The van der Waals surface area contributed by atoms with Crippen molar-refractivity contribution in [2.24, 2.45) is 0 Å². The van der Waals surface area contributed by atoms with Gasteiger partial charge in [-0.3, -0.25) is 0 Å². The number of anilines is 1. The van der Waals surface area contributed by atoms with Crippen LogP contribution < -0.4 is 5.32 Å². The van der Waals surface area contributed by atoms with E-state index in [0.717, 1.165) is 42.3 Å². The highest BCUT2D eigenvalue weighted by Crippen LogP contribution is 2.22. The summed E-state index contributed by atoms with van der Waals surface area (Å²) >= 11 is 7.79. The van der Waals surface area contributed by atoms with E-state index >= 15 is 0 Å². The minimum Gasteiger partial charge on any atom is -0.365 e. The molecule has 19 heavy (non-hydrogen) atoms. The molecule has 102 valence electrons. The van der Waals surface area contributed by atoms with E-state index in [1.807, 2.05) is 19.4 Å².